The van der Waals surface area contributed by atoms with Crippen LogP contribution in [0.3, 0.4) is 0 Å². The largest absolute Gasteiger partial charge is 0.491 e. The Kier molecular flexibility index (Phi) is 2.11. The van der Waals surface area contributed by atoms with Crippen molar-refractivity contribution >= 4 is 0 Å². The van der Waals surface area contributed by atoms with E-state index in [-0.39, 0.29) is 12.6 Å². The molecule has 16 heavy (non-hydrogen) atoms. The van der Waals surface area contributed by atoms with E-state index >= 15 is 0 Å². The molecule has 0 bridgehead atoms. The first-order valence-electron chi connectivity index (χ1n) is 5.11. The third-order valence-corrected chi connectivity index (χ3v) is 2.80. The van der Waals surface area contributed by atoms with Gasteiger partial charge in [-0.3, -0.25) is 0 Å². The number of aliphatic hydroxyl groups is 1. The second-order valence-corrected chi connectivity index (χ2v) is 3.68. The van der Waals surface area contributed by atoms with Crippen molar-refractivity contribution in [1.82, 2.24) is 14.8 Å². The lowest BCUT2D eigenvalue weighted by Gasteiger charge is -2.11. The molecule has 0 radical (unpaired) electrons. The number of hydrogen-bond donors (Lipinski definition) is 1. The summed E-state index contributed by atoms with van der Waals surface area (Å²) < 4.78 is 7.43. The Labute approximate surface area is 92.3 Å². The number of para-hydroxylation sites is 1. The molecule has 0 amide bonds. The minimum absolute atomic E-state index is 0.0633. The van der Waals surface area contributed by atoms with Crippen LogP contribution in [0, 0.1) is 0 Å². The monoisotopic (exact) mass is 217 g/mol. The molecule has 1 N–H and O–H groups in total. The summed E-state index contributed by atoms with van der Waals surface area (Å²) in [6.45, 7) is 0.447. The third-order valence-electron chi connectivity index (χ3n) is 2.80. The van der Waals surface area contributed by atoms with Gasteiger partial charge in [-0.2, -0.15) is 0 Å². The van der Waals surface area contributed by atoms with Gasteiger partial charge in [0.2, 0.25) is 0 Å². The van der Waals surface area contributed by atoms with Crippen molar-refractivity contribution in [2.45, 2.75) is 12.6 Å². The van der Waals surface area contributed by atoms with Crippen LogP contribution in [-0.2, 0) is 6.61 Å². The molecule has 0 saturated carbocycles. The van der Waals surface area contributed by atoms with Crippen LogP contribution in [0.4, 0.5) is 0 Å². The third kappa shape index (κ3) is 1.29. The fourth-order valence-electron chi connectivity index (χ4n) is 2.02. The van der Waals surface area contributed by atoms with Gasteiger partial charge in [-0.1, -0.05) is 18.2 Å². The maximum absolute atomic E-state index is 9.15. The summed E-state index contributed by atoms with van der Waals surface area (Å²) in [6, 6.07) is 7.95. The zero-order valence-corrected chi connectivity index (χ0v) is 8.58. The minimum Gasteiger partial charge on any atom is -0.491 e. The number of ether oxygens (including phenoxy) is 1. The van der Waals surface area contributed by atoms with Gasteiger partial charge < -0.3 is 14.4 Å². The molecule has 1 atom stereocenters. The highest BCUT2D eigenvalue weighted by molar-refractivity contribution is 5.39. The highest BCUT2D eigenvalue weighted by Gasteiger charge is 2.26. The van der Waals surface area contributed by atoms with E-state index < -0.39 is 0 Å². The van der Waals surface area contributed by atoms with Crippen LogP contribution in [0.5, 0.6) is 5.75 Å². The normalized spacial score (nSPS) is 18.2. The van der Waals surface area contributed by atoms with Crippen LogP contribution in [0.15, 0.2) is 30.6 Å². The van der Waals surface area contributed by atoms with Crippen LogP contribution in [0.1, 0.15) is 17.4 Å². The molecule has 1 unspecified atom stereocenters. The second-order valence-electron chi connectivity index (χ2n) is 3.68. The Balaban J connectivity index is 2.04. The average molecular weight is 217 g/mol. The van der Waals surface area contributed by atoms with Crippen molar-refractivity contribution in [3.05, 3.63) is 42.0 Å². The Bertz CT molecular complexity index is 509. The van der Waals surface area contributed by atoms with Gasteiger partial charge in [-0.15, -0.1) is 10.2 Å². The summed E-state index contributed by atoms with van der Waals surface area (Å²) >= 11 is 0. The van der Waals surface area contributed by atoms with E-state index in [4.69, 9.17) is 9.84 Å². The molecule has 1 aromatic carbocycles. The van der Waals surface area contributed by atoms with E-state index in [0.29, 0.717) is 12.4 Å². The molecule has 2 heterocycles. The molecular weight excluding hydrogens is 206 g/mol. The molecule has 0 fully saturated rings. The smallest absolute Gasteiger partial charge is 0.159 e. The van der Waals surface area contributed by atoms with Gasteiger partial charge >= 0.3 is 0 Å². The zero-order valence-electron chi connectivity index (χ0n) is 8.58. The van der Waals surface area contributed by atoms with Crippen molar-refractivity contribution in [3.63, 3.8) is 0 Å². The van der Waals surface area contributed by atoms with E-state index in [9.17, 15) is 0 Å². The number of nitrogens with zero attached hydrogens (tertiary/aromatic N) is 3. The summed E-state index contributed by atoms with van der Waals surface area (Å²) in [4.78, 5) is 0. The lowest BCUT2D eigenvalue weighted by Crippen LogP contribution is -2.14. The molecule has 5 heteroatoms. The summed E-state index contributed by atoms with van der Waals surface area (Å²) in [7, 11) is 0. The summed E-state index contributed by atoms with van der Waals surface area (Å²) in [5.74, 6) is 1.45. The van der Waals surface area contributed by atoms with Crippen molar-refractivity contribution in [2.75, 3.05) is 6.61 Å². The van der Waals surface area contributed by atoms with Crippen LogP contribution in [-0.4, -0.2) is 26.5 Å². The Morgan fingerprint density at radius 3 is 3.19 bits per heavy atom. The molecule has 0 aliphatic carbocycles. The van der Waals surface area contributed by atoms with Crippen LogP contribution >= 0.6 is 0 Å². The van der Waals surface area contributed by atoms with E-state index in [1.807, 2.05) is 28.8 Å². The van der Waals surface area contributed by atoms with Gasteiger partial charge in [-0.25, -0.2) is 0 Å². The predicted molar refractivity (Wildman–Crippen MR) is 56.0 cm³/mol. The molecule has 1 aliphatic rings. The molecule has 0 saturated heterocycles. The molecule has 1 aliphatic heterocycles. The molecule has 5 nitrogen and oxygen atoms in total. The first-order chi connectivity index (χ1) is 7.90. The van der Waals surface area contributed by atoms with Crippen LogP contribution in [0.25, 0.3) is 0 Å². The van der Waals surface area contributed by atoms with E-state index in [1.165, 1.54) is 0 Å². The Hall–Kier alpha value is -1.88. The molecule has 2 aromatic rings. The first kappa shape index (κ1) is 9.35. The molecule has 3 rings (SSSR count). The maximum atomic E-state index is 9.15. The number of aromatic nitrogens is 3. The number of benzene rings is 1. The SMILES string of the molecule is OCc1nncn1C1COc2ccccc21. The van der Waals surface area contributed by atoms with Gasteiger partial charge in [0.15, 0.2) is 5.82 Å². The summed E-state index contributed by atoms with van der Waals surface area (Å²) in [6.07, 6.45) is 1.63. The van der Waals surface area contributed by atoms with E-state index in [1.54, 1.807) is 6.33 Å². The lowest BCUT2D eigenvalue weighted by atomic mass is 10.1. The van der Waals surface area contributed by atoms with Gasteiger partial charge in [0.1, 0.15) is 25.3 Å². The maximum Gasteiger partial charge on any atom is 0.159 e. The van der Waals surface area contributed by atoms with Crippen molar-refractivity contribution in [2.24, 2.45) is 0 Å². The van der Waals surface area contributed by atoms with E-state index in [2.05, 4.69) is 10.2 Å². The second kappa shape index (κ2) is 3.61. The highest BCUT2D eigenvalue weighted by Crippen LogP contribution is 2.34. The summed E-state index contributed by atoms with van der Waals surface area (Å²) in [5, 5.41) is 16.8. The number of rotatable bonds is 2. The van der Waals surface area contributed by atoms with Crippen molar-refractivity contribution in [1.29, 1.82) is 0 Å². The van der Waals surface area contributed by atoms with Crippen molar-refractivity contribution < 1.29 is 9.84 Å². The lowest BCUT2D eigenvalue weighted by molar-refractivity contribution is 0.255. The zero-order chi connectivity index (χ0) is 11.0. The number of aliphatic hydroxyl groups excluding tert-OH is 1. The Morgan fingerprint density at radius 2 is 2.31 bits per heavy atom. The van der Waals surface area contributed by atoms with Crippen molar-refractivity contribution in [3.8, 4) is 5.75 Å². The van der Waals surface area contributed by atoms with Gasteiger partial charge in [-0.05, 0) is 6.07 Å². The van der Waals surface area contributed by atoms with Gasteiger partial charge in [0.05, 0.1) is 6.04 Å². The minimum atomic E-state index is -0.112. The topological polar surface area (TPSA) is 60.2 Å². The fourth-order valence-corrected chi connectivity index (χ4v) is 2.02. The standard InChI is InChI=1S/C11H11N3O2/c15-5-11-13-12-7-14(11)9-6-16-10-4-2-1-3-8(9)10/h1-4,7,9,15H,5-6H2. The molecule has 82 valence electrons. The summed E-state index contributed by atoms with van der Waals surface area (Å²) in [5.41, 5.74) is 1.11. The van der Waals surface area contributed by atoms with Crippen LogP contribution < -0.4 is 4.74 Å². The first-order valence-corrected chi connectivity index (χ1v) is 5.11. The predicted octanol–water partition coefficient (Wildman–Crippen LogP) is 0.752. The molecule has 1 aromatic heterocycles. The molecular formula is C11H11N3O2. The quantitative estimate of drug-likeness (QED) is 0.806. The van der Waals surface area contributed by atoms with Gasteiger partial charge in [0.25, 0.3) is 0 Å². The van der Waals surface area contributed by atoms with Crippen LogP contribution in [0.2, 0.25) is 0 Å². The van der Waals surface area contributed by atoms with Gasteiger partial charge in [0, 0.05) is 5.56 Å². The highest BCUT2D eigenvalue weighted by atomic mass is 16.5. The molecule has 0 spiro atoms. The average Bonchev–Trinajstić information content (AvgIpc) is 2.94. The number of hydrogen-bond acceptors (Lipinski definition) is 4. The Morgan fingerprint density at radius 1 is 1.44 bits per heavy atom. The fraction of sp³-hybridized carbons (Fsp3) is 0.273. The number of fused-ring (bicyclic) bond motifs is 1. The van der Waals surface area contributed by atoms with E-state index in [0.717, 1.165) is 11.3 Å².